The van der Waals surface area contributed by atoms with Gasteiger partial charge in [-0.3, -0.25) is 15.0 Å². The lowest BCUT2D eigenvalue weighted by Crippen LogP contribution is -2.44. The third-order valence-electron chi connectivity index (χ3n) is 4.07. The average molecular weight is 379 g/mol. The highest BCUT2D eigenvalue weighted by Gasteiger charge is 2.23. The van der Waals surface area contributed by atoms with Crippen LogP contribution in [-0.2, 0) is 11.3 Å². The van der Waals surface area contributed by atoms with E-state index in [2.05, 4.69) is 29.0 Å². The standard InChI is InChI=1S/C18H22FN3O3S/c1-11-7-22(8-12(2)25-11)9-14-10-26-18(20-14)21-17(23)13-4-5-16(24-3)15(19)6-13/h4-6,10-12H,7-9H2,1-3H3,(H,20,21,23)/t11-,12-/m1/s1. The number of carbonyl (C=O) groups excluding carboxylic acids is 1. The number of morpholine rings is 1. The van der Waals surface area contributed by atoms with E-state index in [1.807, 2.05) is 5.38 Å². The minimum absolute atomic E-state index is 0.104. The van der Waals surface area contributed by atoms with Crippen LogP contribution in [0.2, 0.25) is 0 Å². The van der Waals surface area contributed by atoms with Crippen molar-refractivity contribution in [3.8, 4) is 5.75 Å². The van der Waals surface area contributed by atoms with Gasteiger partial charge in [-0.15, -0.1) is 11.3 Å². The molecule has 1 aromatic carbocycles. The van der Waals surface area contributed by atoms with Crippen LogP contribution in [0.5, 0.6) is 5.75 Å². The minimum atomic E-state index is -0.574. The number of benzene rings is 1. The Morgan fingerprint density at radius 3 is 2.81 bits per heavy atom. The predicted molar refractivity (Wildman–Crippen MR) is 98.3 cm³/mol. The van der Waals surface area contributed by atoms with E-state index in [1.54, 1.807) is 0 Å². The number of hydrogen-bond acceptors (Lipinski definition) is 6. The van der Waals surface area contributed by atoms with Crippen molar-refractivity contribution in [3.63, 3.8) is 0 Å². The van der Waals surface area contributed by atoms with E-state index in [0.717, 1.165) is 24.8 Å². The van der Waals surface area contributed by atoms with Gasteiger partial charge in [0.25, 0.3) is 5.91 Å². The predicted octanol–water partition coefficient (Wildman–Crippen LogP) is 3.15. The quantitative estimate of drug-likeness (QED) is 0.865. The van der Waals surface area contributed by atoms with E-state index in [0.29, 0.717) is 11.7 Å². The summed E-state index contributed by atoms with van der Waals surface area (Å²) in [5.41, 5.74) is 1.11. The summed E-state index contributed by atoms with van der Waals surface area (Å²) >= 11 is 1.36. The Morgan fingerprint density at radius 1 is 1.42 bits per heavy atom. The highest BCUT2D eigenvalue weighted by molar-refractivity contribution is 7.13. The molecule has 26 heavy (non-hydrogen) atoms. The van der Waals surface area contributed by atoms with Crippen LogP contribution in [0.4, 0.5) is 9.52 Å². The van der Waals surface area contributed by atoms with Crippen molar-refractivity contribution < 1.29 is 18.7 Å². The summed E-state index contributed by atoms with van der Waals surface area (Å²) in [7, 11) is 1.38. The summed E-state index contributed by atoms with van der Waals surface area (Å²) in [6, 6.07) is 4.10. The molecule has 0 spiro atoms. The largest absolute Gasteiger partial charge is 0.494 e. The molecule has 2 aromatic rings. The molecule has 1 aliphatic heterocycles. The van der Waals surface area contributed by atoms with Gasteiger partial charge in [0, 0.05) is 30.6 Å². The number of rotatable bonds is 5. The smallest absolute Gasteiger partial charge is 0.257 e. The molecule has 0 unspecified atom stereocenters. The molecule has 0 saturated carbocycles. The van der Waals surface area contributed by atoms with E-state index >= 15 is 0 Å². The number of anilines is 1. The maximum absolute atomic E-state index is 13.7. The monoisotopic (exact) mass is 379 g/mol. The van der Waals surface area contributed by atoms with Crippen molar-refractivity contribution in [3.05, 3.63) is 40.7 Å². The summed E-state index contributed by atoms with van der Waals surface area (Å²) in [5, 5.41) is 5.14. The first-order chi connectivity index (χ1) is 12.4. The van der Waals surface area contributed by atoms with E-state index in [9.17, 15) is 9.18 Å². The molecule has 1 aliphatic rings. The van der Waals surface area contributed by atoms with Crippen molar-refractivity contribution in [2.45, 2.75) is 32.6 Å². The van der Waals surface area contributed by atoms with Gasteiger partial charge in [-0.1, -0.05) is 0 Å². The van der Waals surface area contributed by atoms with Crippen molar-refractivity contribution in [1.29, 1.82) is 0 Å². The number of nitrogens with one attached hydrogen (secondary N) is 1. The van der Waals surface area contributed by atoms with E-state index in [-0.39, 0.29) is 23.5 Å². The number of hydrogen-bond donors (Lipinski definition) is 1. The van der Waals surface area contributed by atoms with Crippen LogP contribution in [-0.4, -0.2) is 48.2 Å². The molecule has 140 valence electrons. The highest BCUT2D eigenvalue weighted by atomic mass is 32.1. The van der Waals surface area contributed by atoms with Crippen LogP contribution in [0.1, 0.15) is 29.9 Å². The molecule has 0 radical (unpaired) electrons. The first-order valence-corrected chi connectivity index (χ1v) is 9.29. The number of ether oxygens (including phenoxy) is 2. The summed E-state index contributed by atoms with van der Waals surface area (Å²) < 4.78 is 24.3. The molecule has 0 bridgehead atoms. The van der Waals surface area contributed by atoms with Gasteiger partial charge in [0.1, 0.15) is 0 Å². The first kappa shape index (κ1) is 18.8. The van der Waals surface area contributed by atoms with Gasteiger partial charge in [-0.25, -0.2) is 9.37 Å². The zero-order valence-electron chi connectivity index (χ0n) is 15.0. The van der Waals surface area contributed by atoms with Crippen molar-refractivity contribution in [2.24, 2.45) is 0 Å². The van der Waals surface area contributed by atoms with Gasteiger partial charge in [-0.2, -0.15) is 0 Å². The Hall–Kier alpha value is -2.03. The van der Waals surface area contributed by atoms with E-state index < -0.39 is 11.7 Å². The number of thiazole rings is 1. The Kier molecular flexibility index (Phi) is 5.85. The molecule has 3 rings (SSSR count). The molecule has 8 heteroatoms. The Balaban J connectivity index is 1.61. The van der Waals surface area contributed by atoms with Gasteiger partial charge in [-0.05, 0) is 32.0 Å². The fraction of sp³-hybridized carbons (Fsp3) is 0.444. The van der Waals surface area contributed by atoms with Crippen LogP contribution in [0.15, 0.2) is 23.6 Å². The third kappa shape index (κ3) is 4.57. The fourth-order valence-electron chi connectivity index (χ4n) is 3.06. The lowest BCUT2D eigenvalue weighted by atomic mass is 10.2. The normalized spacial score (nSPS) is 20.8. The van der Waals surface area contributed by atoms with Crippen LogP contribution in [0.3, 0.4) is 0 Å². The Bertz CT molecular complexity index is 773. The summed E-state index contributed by atoms with van der Waals surface area (Å²) in [4.78, 5) is 19.0. The van der Waals surface area contributed by atoms with Gasteiger partial charge < -0.3 is 9.47 Å². The van der Waals surface area contributed by atoms with Crippen LogP contribution >= 0.6 is 11.3 Å². The number of carbonyl (C=O) groups is 1. The van der Waals surface area contributed by atoms with Crippen molar-refractivity contribution >= 4 is 22.4 Å². The third-order valence-corrected chi connectivity index (χ3v) is 4.87. The topological polar surface area (TPSA) is 63.7 Å². The number of methoxy groups -OCH3 is 1. The van der Waals surface area contributed by atoms with Gasteiger partial charge in [0.05, 0.1) is 25.0 Å². The second-order valence-electron chi connectivity index (χ2n) is 6.40. The van der Waals surface area contributed by atoms with Crippen LogP contribution in [0, 0.1) is 5.82 Å². The van der Waals surface area contributed by atoms with Crippen molar-refractivity contribution in [1.82, 2.24) is 9.88 Å². The molecule has 6 nitrogen and oxygen atoms in total. The van der Waals surface area contributed by atoms with Gasteiger partial charge in [0.2, 0.25) is 0 Å². The lowest BCUT2D eigenvalue weighted by Gasteiger charge is -2.34. The molecule has 1 fully saturated rings. The zero-order chi connectivity index (χ0) is 18.7. The van der Waals surface area contributed by atoms with E-state index in [1.165, 1.54) is 30.6 Å². The maximum atomic E-state index is 13.7. The average Bonchev–Trinajstić information content (AvgIpc) is 3.00. The maximum Gasteiger partial charge on any atom is 0.257 e. The minimum Gasteiger partial charge on any atom is -0.494 e. The Morgan fingerprint density at radius 2 is 2.15 bits per heavy atom. The summed E-state index contributed by atoms with van der Waals surface area (Å²) in [5.74, 6) is -0.872. The zero-order valence-corrected chi connectivity index (χ0v) is 15.8. The Labute approximate surface area is 155 Å². The van der Waals surface area contributed by atoms with Gasteiger partial charge in [0.15, 0.2) is 16.7 Å². The molecule has 1 saturated heterocycles. The molecular weight excluding hydrogens is 357 g/mol. The second-order valence-corrected chi connectivity index (χ2v) is 7.26. The number of amides is 1. The van der Waals surface area contributed by atoms with Crippen LogP contribution in [0.25, 0.3) is 0 Å². The lowest BCUT2D eigenvalue weighted by molar-refractivity contribution is -0.0707. The molecular formula is C18H22FN3O3S. The van der Waals surface area contributed by atoms with Gasteiger partial charge >= 0.3 is 0 Å². The van der Waals surface area contributed by atoms with Crippen molar-refractivity contribution in [2.75, 3.05) is 25.5 Å². The number of halogens is 1. The molecule has 1 aromatic heterocycles. The SMILES string of the molecule is COc1ccc(C(=O)Nc2nc(CN3C[C@@H](C)O[C@H](C)C3)cs2)cc1F. The second kappa shape index (κ2) is 8.11. The fourth-order valence-corrected chi connectivity index (χ4v) is 3.75. The number of nitrogens with zero attached hydrogens (tertiary/aromatic N) is 2. The summed E-state index contributed by atoms with van der Waals surface area (Å²) in [6.07, 6.45) is 0.392. The number of aromatic nitrogens is 1. The first-order valence-electron chi connectivity index (χ1n) is 8.41. The highest BCUT2D eigenvalue weighted by Crippen LogP contribution is 2.21. The summed E-state index contributed by atoms with van der Waals surface area (Å²) in [6.45, 7) is 6.54. The molecule has 1 amide bonds. The molecule has 1 N–H and O–H groups in total. The van der Waals surface area contributed by atoms with E-state index in [4.69, 9.17) is 9.47 Å². The molecule has 0 aliphatic carbocycles. The molecule has 2 heterocycles. The van der Waals surface area contributed by atoms with Crippen LogP contribution < -0.4 is 10.1 Å². The molecule has 2 atom stereocenters.